The van der Waals surface area contributed by atoms with E-state index in [1.807, 2.05) is 19.9 Å². The van der Waals surface area contributed by atoms with Gasteiger partial charge < -0.3 is 15.6 Å². The van der Waals surface area contributed by atoms with Crippen molar-refractivity contribution in [1.82, 2.24) is 19.9 Å². The summed E-state index contributed by atoms with van der Waals surface area (Å²) in [7, 11) is 0. The first-order chi connectivity index (χ1) is 14.4. The Kier molecular flexibility index (Phi) is 9.76. The molecule has 3 rings (SSSR count). The lowest BCUT2D eigenvalue weighted by Crippen LogP contribution is -2.13. The number of hydrogen-bond donors (Lipinski definition) is 2. The number of nitrogen functional groups attached to an aromatic ring is 1. The lowest BCUT2D eigenvalue weighted by Gasteiger charge is -2.09. The number of ether oxygens (including phenoxy) is 1. The number of ketones is 1. The van der Waals surface area contributed by atoms with Crippen molar-refractivity contribution in [2.24, 2.45) is 5.92 Å². The number of rotatable bonds is 10. The molecule has 164 valence electrons. The van der Waals surface area contributed by atoms with Gasteiger partial charge in [-0.3, -0.25) is 4.79 Å². The molecule has 2 aromatic heterocycles. The van der Waals surface area contributed by atoms with Crippen LogP contribution in [0.2, 0.25) is 0 Å². The van der Waals surface area contributed by atoms with E-state index >= 15 is 0 Å². The second-order valence-electron chi connectivity index (χ2n) is 7.72. The molecule has 0 unspecified atom stereocenters. The van der Waals surface area contributed by atoms with E-state index < -0.39 is 6.10 Å². The first kappa shape index (κ1) is 23.8. The summed E-state index contributed by atoms with van der Waals surface area (Å²) < 4.78 is 5.13. The highest BCUT2D eigenvalue weighted by molar-refractivity contribution is 5.81. The quantitative estimate of drug-likeness (QED) is 0.446. The molecule has 0 bridgehead atoms. The van der Waals surface area contributed by atoms with Crippen LogP contribution in [0.1, 0.15) is 82.3 Å². The maximum atomic E-state index is 11.5. The maximum absolute atomic E-state index is 11.5. The Bertz CT molecular complexity index is 796. The van der Waals surface area contributed by atoms with E-state index in [4.69, 9.17) is 10.5 Å². The summed E-state index contributed by atoms with van der Waals surface area (Å²) in [4.78, 5) is 27.7. The second kappa shape index (κ2) is 12.3. The molecule has 1 saturated heterocycles. The zero-order chi connectivity index (χ0) is 21.9. The van der Waals surface area contributed by atoms with Crippen LogP contribution in [0.15, 0.2) is 24.5 Å². The molecule has 3 heterocycles. The lowest BCUT2D eigenvalue weighted by atomic mass is 10.1. The molecule has 0 aromatic carbocycles. The minimum atomic E-state index is -0.507. The average molecular weight is 416 g/mol. The van der Waals surface area contributed by atoms with Crippen molar-refractivity contribution in [2.75, 3.05) is 12.3 Å². The number of epoxide rings is 1. The van der Waals surface area contributed by atoms with Crippen molar-refractivity contribution < 1.29 is 14.6 Å². The summed E-state index contributed by atoms with van der Waals surface area (Å²) in [6.07, 6.45) is 8.56. The third-order valence-electron chi connectivity index (χ3n) is 4.73. The Morgan fingerprint density at radius 3 is 2.57 bits per heavy atom. The van der Waals surface area contributed by atoms with E-state index in [2.05, 4.69) is 26.9 Å². The Morgan fingerprint density at radius 2 is 1.93 bits per heavy atom. The first-order valence-electron chi connectivity index (χ1n) is 10.6. The molecule has 0 radical (unpaired) electrons. The molecule has 1 aliphatic heterocycles. The van der Waals surface area contributed by atoms with Crippen molar-refractivity contribution >= 4 is 11.7 Å². The van der Waals surface area contributed by atoms with Gasteiger partial charge in [0.15, 0.2) is 0 Å². The van der Waals surface area contributed by atoms with Crippen molar-refractivity contribution in [3.05, 3.63) is 41.7 Å². The van der Waals surface area contributed by atoms with Gasteiger partial charge in [0.2, 0.25) is 5.95 Å². The van der Waals surface area contributed by atoms with Crippen LogP contribution in [-0.2, 0) is 16.0 Å². The minimum Gasteiger partial charge on any atom is -0.387 e. The summed E-state index contributed by atoms with van der Waals surface area (Å²) in [5.74, 6) is 1.03. The fraction of sp³-hybridized carbons (Fsp3) is 0.591. The number of Topliss-reactive ketones (excluding diaryl/α,β-unsaturated/α-hetero) is 1. The standard InChI is InChI=1S/C11H19N3O.C11H14N2O2/c1-2-3-4-5-6-10(15)9-7-8-13-11(12)14-9;1-7(2)9(14)5-11-12-4-3-8(13-11)10-6-15-10/h7-8,10,15H,2-6H2,1H3,(H2,12,13,14);3-4,7,10H,5-6H2,1-2H3/t2*10-/m00/s1. The summed E-state index contributed by atoms with van der Waals surface area (Å²) in [5, 5.41) is 9.80. The molecule has 30 heavy (non-hydrogen) atoms. The van der Waals surface area contributed by atoms with Gasteiger partial charge >= 0.3 is 0 Å². The van der Waals surface area contributed by atoms with E-state index in [0.29, 0.717) is 17.9 Å². The zero-order valence-electron chi connectivity index (χ0n) is 18.1. The van der Waals surface area contributed by atoms with Gasteiger partial charge in [-0.25, -0.2) is 19.9 Å². The van der Waals surface area contributed by atoms with E-state index in [9.17, 15) is 9.90 Å². The fourth-order valence-corrected chi connectivity index (χ4v) is 2.74. The first-order valence-corrected chi connectivity index (χ1v) is 10.6. The molecule has 0 spiro atoms. The van der Waals surface area contributed by atoms with Gasteiger partial charge in [-0.05, 0) is 18.6 Å². The van der Waals surface area contributed by atoms with Crippen LogP contribution in [0.25, 0.3) is 0 Å². The number of nitrogens with two attached hydrogens (primary N) is 1. The highest BCUT2D eigenvalue weighted by Gasteiger charge is 2.26. The molecule has 0 amide bonds. The molecular weight excluding hydrogens is 382 g/mol. The van der Waals surface area contributed by atoms with Crippen LogP contribution in [0, 0.1) is 5.92 Å². The Morgan fingerprint density at radius 1 is 1.20 bits per heavy atom. The normalized spacial score (nSPS) is 16.0. The molecule has 1 aliphatic rings. The highest BCUT2D eigenvalue weighted by atomic mass is 16.6. The van der Waals surface area contributed by atoms with Gasteiger partial charge in [-0.2, -0.15) is 0 Å². The lowest BCUT2D eigenvalue weighted by molar-refractivity contribution is -0.121. The van der Waals surface area contributed by atoms with Gasteiger partial charge in [0.1, 0.15) is 17.7 Å². The van der Waals surface area contributed by atoms with Crippen LogP contribution in [0.4, 0.5) is 5.95 Å². The monoisotopic (exact) mass is 415 g/mol. The van der Waals surface area contributed by atoms with Crippen LogP contribution >= 0.6 is 0 Å². The molecule has 8 nitrogen and oxygen atoms in total. The van der Waals surface area contributed by atoms with Gasteiger partial charge in [-0.1, -0.05) is 46.5 Å². The third-order valence-corrected chi connectivity index (χ3v) is 4.73. The summed E-state index contributed by atoms with van der Waals surface area (Å²) in [6, 6.07) is 3.54. The van der Waals surface area contributed by atoms with Gasteiger partial charge in [0, 0.05) is 18.3 Å². The van der Waals surface area contributed by atoms with Gasteiger partial charge in [0.25, 0.3) is 0 Å². The number of unbranched alkanes of at least 4 members (excludes halogenated alkanes) is 3. The molecule has 2 atom stereocenters. The number of hydrogen-bond acceptors (Lipinski definition) is 8. The largest absolute Gasteiger partial charge is 0.387 e. The minimum absolute atomic E-state index is 0.0365. The van der Waals surface area contributed by atoms with Crippen LogP contribution in [0.3, 0.4) is 0 Å². The molecule has 1 fully saturated rings. The Balaban J connectivity index is 0.000000214. The summed E-state index contributed by atoms with van der Waals surface area (Å²) >= 11 is 0. The van der Waals surface area contributed by atoms with Crippen molar-refractivity contribution in [1.29, 1.82) is 0 Å². The predicted molar refractivity (Wildman–Crippen MR) is 114 cm³/mol. The van der Waals surface area contributed by atoms with Gasteiger partial charge in [0.05, 0.1) is 30.5 Å². The SMILES string of the molecule is CC(C)C(=O)Cc1nccc([C@@H]2CO2)n1.CCCCCC[C@H](O)c1ccnc(N)n1. The van der Waals surface area contributed by atoms with Crippen LogP contribution in [0.5, 0.6) is 0 Å². The zero-order valence-corrected chi connectivity index (χ0v) is 18.1. The molecule has 3 N–H and O–H groups in total. The highest BCUT2D eigenvalue weighted by Crippen LogP contribution is 2.27. The number of anilines is 1. The molecule has 0 aliphatic carbocycles. The molecule has 8 heteroatoms. The Labute approximate surface area is 178 Å². The van der Waals surface area contributed by atoms with Crippen molar-refractivity contribution in [3.63, 3.8) is 0 Å². The molecule has 2 aromatic rings. The average Bonchev–Trinajstić information content (AvgIpc) is 3.57. The number of carbonyl (C=O) groups excluding carboxylic acids is 1. The fourth-order valence-electron chi connectivity index (χ4n) is 2.74. The van der Waals surface area contributed by atoms with E-state index in [1.165, 1.54) is 12.8 Å². The van der Waals surface area contributed by atoms with E-state index in [-0.39, 0.29) is 23.8 Å². The topological polar surface area (TPSA) is 127 Å². The summed E-state index contributed by atoms with van der Waals surface area (Å²) in [5.41, 5.74) is 6.95. The Hall–Kier alpha value is -2.45. The van der Waals surface area contributed by atoms with Gasteiger partial charge in [-0.15, -0.1) is 0 Å². The second-order valence-corrected chi connectivity index (χ2v) is 7.72. The predicted octanol–water partition coefficient (Wildman–Crippen LogP) is 3.38. The number of aromatic nitrogens is 4. The van der Waals surface area contributed by atoms with Crippen LogP contribution < -0.4 is 5.73 Å². The smallest absolute Gasteiger partial charge is 0.220 e. The number of aliphatic hydroxyl groups is 1. The van der Waals surface area contributed by atoms with E-state index in [1.54, 1.807) is 18.5 Å². The maximum Gasteiger partial charge on any atom is 0.220 e. The van der Waals surface area contributed by atoms with Crippen LogP contribution in [-0.4, -0.2) is 37.4 Å². The number of aliphatic hydroxyl groups excluding tert-OH is 1. The van der Waals surface area contributed by atoms with Crippen molar-refractivity contribution in [3.8, 4) is 0 Å². The summed E-state index contributed by atoms with van der Waals surface area (Å²) in [6.45, 7) is 6.67. The number of nitrogens with zero attached hydrogens (tertiary/aromatic N) is 4. The third kappa shape index (κ3) is 8.51. The van der Waals surface area contributed by atoms with E-state index in [0.717, 1.165) is 31.6 Å². The van der Waals surface area contributed by atoms with Crippen molar-refractivity contribution in [2.45, 2.75) is 71.5 Å². The number of carbonyl (C=O) groups is 1. The molecule has 0 saturated carbocycles. The molecular formula is C22H33N5O3.